The molecule has 0 aromatic rings. The third kappa shape index (κ3) is 7.18. The minimum atomic E-state index is -0.469. The van der Waals surface area contributed by atoms with Crippen LogP contribution in [-0.4, -0.2) is 5.24 Å². The Morgan fingerprint density at radius 3 is 2.44 bits per heavy atom. The van der Waals surface area contributed by atoms with Crippen LogP contribution in [0.5, 0.6) is 0 Å². The van der Waals surface area contributed by atoms with E-state index in [0.717, 1.165) is 0 Å². The van der Waals surface area contributed by atoms with Crippen molar-refractivity contribution in [3.63, 3.8) is 0 Å². The normalized spacial score (nSPS) is 10.8. The molecule has 9 heavy (non-hydrogen) atoms. The van der Waals surface area contributed by atoms with Gasteiger partial charge in [-0.2, -0.15) is 0 Å². The van der Waals surface area contributed by atoms with Crippen LogP contribution < -0.4 is 0 Å². The highest BCUT2D eigenvalue weighted by atomic mass is 35.5. The van der Waals surface area contributed by atoms with Gasteiger partial charge in [-0.3, -0.25) is 4.79 Å². The molecule has 0 aliphatic rings. The van der Waals surface area contributed by atoms with Crippen molar-refractivity contribution in [1.29, 1.82) is 0 Å². The summed E-state index contributed by atoms with van der Waals surface area (Å²) in [5, 5.41) is -0.469. The van der Waals surface area contributed by atoms with Gasteiger partial charge in [0.1, 0.15) is 0 Å². The first-order valence-corrected chi connectivity index (χ1v) is 2.80. The quantitative estimate of drug-likeness (QED) is 0.335. The highest BCUT2D eigenvalue weighted by Crippen LogP contribution is 1.83. The summed E-state index contributed by atoms with van der Waals surface area (Å²) in [6.07, 6.45) is 7.81. The molecular formula is C7H7ClO. The minimum Gasteiger partial charge on any atom is -0.276 e. The monoisotopic (exact) mass is 142 g/mol. The van der Waals surface area contributed by atoms with Gasteiger partial charge in [0.2, 0.25) is 5.24 Å². The highest BCUT2D eigenvalue weighted by molar-refractivity contribution is 6.66. The fraction of sp³-hybridized carbons (Fsp3) is 0. The van der Waals surface area contributed by atoms with E-state index in [0.29, 0.717) is 0 Å². The van der Waals surface area contributed by atoms with Crippen LogP contribution in [0.3, 0.4) is 0 Å². The molecule has 0 aliphatic heterocycles. The Labute approximate surface area is 59.3 Å². The lowest BCUT2D eigenvalue weighted by Gasteiger charge is -1.70. The van der Waals surface area contributed by atoms with Crippen LogP contribution in [0.2, 0.25) is 0 Å². The van der Waals surface area contributed by atoms with Crippen molar-refractivity contribution in [2.75, 3.05) is 0 Å². The molecule has 0 N–H and O–H groups in total. The van der Waals surface area contributed by atoms with Crippen molar-refractivity contribution in [2.45, 2.75) is 0 Å². The van der Waals surface area contributed by atoms with E-state index in [9.17, 15) is 4.79 Å². The van der Waals surface area contributed by atoms with E-state index in [2.05, 4.69) is 6.58 Å². The molecule has 0 heterocycles. The number of hydrogen-bond donors (Lipinski definition) is 0. The van der Waals surface area contributed by atoms with E-state index in [1.807, 2.05) is 0 Å². The van der Waals surface area contributed by atoms with Gasteiger partial charge in [0, 0.05) is 0 Å². The number of allylic oxidation sites excluding steroid dienone is 5. The van der Waals surface area contributed by atoms with Gasteiger partial charge < -0.3 is 0 Å². The Hall–Kier alpha value is -0.820. The summed E-state index contributed by atoms with van der Waals surface area (Å²) in [5.41, 5.74) is 0. The molecule has 0 aromatic heterocycles. The molecule has 0 saturated heterocycles. The molecule has 0 bridgehead atoms. The molecular weight excluding hydrogens is 136 g/mol. The van der Waals surface area contributed by atoms with Crippen LogP contribution >= 0.6 is 11.6 Å². The summed E-state index contributed by atoms with van der Waals surface area (Å²) < 4.78 is 0. The molecule has 0 spiro atoms. The van der Waals surface area contributed by atoms with Gasteiger partial charge in [0.25, 0.3) is 0 Å². The van der Waals surface area contributed by atoms with Crippen molar-refractivity contribution in [3.8, 4) is 0 Å². The molecule has 0 amide bonds. The van der Waals surface area contributed by atoms with Gasteiger partial charge in [0.15, 0.2) is 0 Å². The van der Waals surface area contributed by atoms with Crippen LogP contribution in [0.25, 0.3) is 0 Å². The summed E-state index contributed by atoms with van der Waals surface area (Å²) in [7, 11) is 0. The molecule has 0 unspecified atom stereocenters. The summed E-state index contributed by atoms with van der Waals surface area (Å²) in [5.74, 6) is 0. The van der Waals surface area contributed by atoms with E-state index < -0.39 is 5.24 Å². The standard InChI is InChI=1S/C7H7ClO/c1-2-3-4-5-6-7(8)9/h2-6H,1H2. The summed E-state index contributed by atoms with van der Waals surface area (Å²) in [6, 6.07) is 0. The van der Waals surface area contributed by atoms with Crippen molar-refractivity contribution in [1.82, 2.24) is 0 Å². The van der Waals surface area contributed by atoms with Gasteiger partial charge in [-0.25, -0.2) is 0 Å². The zero-order valence-corrected chi connectivity index (χ0v) is 5.64. The van der Waals surface area contributed by atoms with Gasteiger partial charge in [0.05, 0.1) is 0 Å². The van der Waals surface area contributed by atoms with E-state index in [1.54, 1.807) is 24.3 Å². The van der Waals surface area contributed by atoms with Crippen molar-refractivity contribution in [2.24, 2.45) is 0 Å². The first-order chi connectivity index (χ1) is 4.27. The molecule has 2 heteroatoms. The second kappa shape index (κ2) is 5.32. The lowest BCUT2D eigenvalue weighted by atomic mass is 10.4. The molecule has 0 atom stereocenters. The summed E-state index contributed by atoms with van der Waals surface area (Å²) in [6.45, 7) is 3.44. The minimum absolute atomic E-state index is 0.469. The third-order valence-electron chi connectivity index (χ3n) is 0.586. The molecule has 0 radical (unpaired) electrons. The first-order valence-electron chi connectivity index (χ1n) is 2.42. The van der Waals surface area contributed by atoms with E-state index >= 15 is 0 Å². The summed E-state index contributed by atoms with van der Waals surface area (Å²) in [4.78, 5) is 10.0. The van der Waals surface area contributed by atoms with Crippen LogP contribution in [0.15, 0.2) is 37.0 Å². The topological polar surface area (TPSA) is 17.1 Å². The fourth-order valence-corrected chi connectivity index (χ4v) is 0.347. The molecule has 0 fully saturated rings. The fourth-order valence-electron chi connectivity index (χ4n) is 0.274. The molecule has 0 aromatic carbocycles. The van der Waals surface area contributed by atoms with Gasteiger partial charge in [-0.1, -0.05) is 30.9 Å². The average molecular weight is 143 g/mol. The second-order valence-electron chi connectivity index (χ2n) is 1.28. The smallest absolute Gasteiger partial charge is 0.245 e. The Morgan fingerprint density at radius 2 is 2.00 bits per heavy atom. The summed E-state index contributed by atoms with van der Waals surface area (Å²) >= 11 is 4.97. The first kappa shape index (κ1) is 8.18. The Morgan fingerprint density at radius 1 is 1.33 bits per heavy atom. The number of halogens is 1. The van der Waals surface area contributed by atoms with E-state index in [1.165, 1.54) is 6.08 Å². The van der Waals surface area contributed by atoms with Crippen molar-refractivity contribution >= 4 is 16.8 Å². The SMILES string of the molecule is C=CC=CC=CC(=O)Cl. The van der Waals surface area contributed by atoms with Crippen LogP contribution in [-0.2, 0) is 4.79 Å². The highest BCUT2D eigenvalue weighted by Gasteiger charge is 1.78. The molecule has 0 aliphatic carbocycles. The largest absolute Gasteiger partial charge is 0.276 e. The van der Waals surface area contributed by atoms with Gasteiger partial charge >= 0.3 is 0 Å². The van der Waals surface area contributed by atoms with Crippen LogP contribution in [0.1, 0.15) is 0 Å². The number of carbonyl (C=O) groups is 1. The van der Waals surface area contributed by atoms with Crippen LogP contribution in [0.4, 0.5) is 0 Å². The number of carbonyl (C=O) groups excluding carboxylic acids is 1. The number of hydrogen-bond acceptors (Lipinski definition) is 1. The maximum atomic E-state index is 10.0. The van der Waals surface area contributed by atoms with Gasteiger partial charge in [-0.15, -0.1) is 0 Å². The Kier molecular flexibility index (Phi) is 4.83. The maximum Gasteiger partial charge on any atom is 0.245 e. The molecule has 1 nitrogen and oxygen atoms in total. The van der Waals surface area contributed by atoms with E-state index in [4.69, 9.17) is 11.6 Å². The third-order valence-corrected chi connectivity index (χ3v) is 0.712. The Balaban J connectivity index is 3.59. The zero-order chi connectivity index (χ0) is 7.11. The van der Waals surface area contributed by atoms with Crippen molar-refractivity contribution in [3.05, 3.63) is 37.0 Å². The number of rotatable bonds is 3. The maximum absolute atomic E-state index is 10.0. The predicted molar refractivity (Wildman–Crippen MR) is 39.3 cm³/mol. The Bertz CT molecular complexity index is 156. The second-order valence-corrected chi connectivity index (χ2v) is 1.66. The average Bonchev–Trinajstić information content (AvgIpc) is 1.80. The van der Waals surface area contributed by atoms with Crippen LogP contribution in [0, 0.1) is 0 Å². The molecule has 48 valence electrons. The zero-order valence-electron chi connectivity index (χ0n) is 4.88. The molecule has 0 saturated carbocycles. The van der Waals surface area contributed by atoms with Gasteiger partial charge in [-0.05, 0) is 17.7 Å². The van der Waals surface area contributed by atoms with Crippen molar-refractivity contribution < 1.29 is 4.79 Å². The lowest BCUT2D eigenvalue weighted by Crippen LogP contribution is -1.71. The molecule has 0 rings (SSSR count). The predicted octanol–water partition coefficient (Wildman–Crippen LogP) is 2.05. The van der Waals surface area contributed by atoms with E-state index in [-0.39, 0.29) is 0 Å². The lowest BCUT2D eigenvalue weighted by molar-refractivity contribution is -0.107.